The van der Waals surface area contributed by atoms with Crippen LogP contribution in [0.3, 0.4) is 0 Å². The molecular formula is C9H11FO. The Bertz CT molecular complexity index is 256. The lowest BCUT2D eigenvalue weighted by atomic mass is 10.1. The zero-order chi connectivity index (χ0) is 8.43. The van der Waals surface area contributed by atoms with Crippen LogP contribution < -0.4 is 0 Å². The number of hydrogen-bond acceptors (Lipinski definition) is 1. The fraction of sp³-hybridized carbons (Fsp3) is 0.333. The number of halogens is 1. The summed E-state index contributed by atoms with van der Waals surface area (Å²) in [5.41, 5.74) is 1.29. The second-order valence-electron chi connectivity index (χ2n) is 2.66. The van der Waals surface area contributed by atoms with Crippen LogP contribution in [0.4, 0.5) is 4.39 Å². The molecular weight excluding hydrogens is 143 g/mol. The van der Waals surface area contributed by atoms with Crippen LogP contribution in [-0.4, -0.2) is 5.11 Å². The van der Waals surface area contributed by atoms with Gasteiger partial charge in [0.15, 0.2) is 0 Å². The van der Waals surface area contributed by atoms with Crippen LogP contribution in [0, 0.1) is 6.92 Å². The Morgan fingerprint density at radius 3 is 2.55 bits per heavy atom. The van der Waals surface area contributed by atoms with Gasteiger partial charge in [0.1, 0.15) is 11.9 Å². The molecule has 1 aromatic rings. The molecule has 1 atom stereocenters. The van der Waals surface area contributed by atoms with Gasteiger partial charge in [-0.2, -0.15) is 0 Å². The van der Waals surface area contributed by atoms with E-state index >= 15 is 0 Å². The van der Waals surface area contributed by atoms with Gasteiger partial charge in [-0.1, -0.05) is 12.1 Å². The summed E-state index contributed by atoms with van der Waals surface area (Å²) < 4.78 is 12.6. The monoisotopic (exact) mass is 154 g/mol. The van der Waals surface area contributed by atoms with E-state index in [-0.39, 0.29) is 5.75 Å². The van der Waals surface area contributed by atoms with Gasteiger partial charge in [0.05, 0.1) is 0 Å². The Labute approximate surface area is 65.5 Å². The van der Waals surface area contributed by atoms with Crippen LogP contribution in [0.25, 0.3) is 0 Å². The van der Waals surface area contributed by atoms with Gasteiger partial charge in [-0.15, -0.1) is 0 Å². The summed E-state index contributed by atoms with van der Waals surface area (Å²) in [5.74, 6) is 0.159. The molecule has 60 valence electrons. The minimum atomic E-state index is -1.01. The van der Waals surface area contributed by atoms with E-state index in [1.807, 2.05) is 0 Å². The molecule has 0 heterocycles. The van der Waals surface area contributed by atoms with Crippen molar-refractivity contribution >= 4 is 0 Å². The van der Waals surface area contributed by atoms with Crippen LogP contribution in [-0.2, 0) is 0 Å². The molecule has 0 fully saturated rings. The number of rotatable bonds is 1. The third-order valence-electron chi connectivity index (χ3n) is 1.69. The molecule has 1 unspecified atom stereocenters. The first-order valence-electron chi connectivity index (χ1n) is 3.55. The summed E-state index contributed by atoms with van der Waals surface area (Å²) in [7, 11) is 0. The Kier molecular flexibility index (Phi) is 2.13. The van der Waals surface area contributed by atoms with Crippen molar-refractivity contribution < 1.29 is 9.50 Å². The molecule has 1 nitrogen and oxygen atoms in total. The average Bonchev–Trinajstić information content (AvgIpc) is 1.94. The van der Waals surface area contributed by atoms with Gasteiger partial charge in [-0.05, 0) is 31.0 Å². The van der Waals surface area contributed by atoms with E-state index in [0.29, 0.717) is 5.56 Å². The number of benzene rings is 1. The Morgan fingerprint density at radius 1 is 1.45 bits per heavy atom. The summed E-state index contributed by atoms with van der Waals surface area (Å²) in [6, 6.07) is 4.85. The number of aryl methyl sites for hydroxylation is 1. The lowest BCUT2D eigenvalue weighted by Crippen LogP contribution is -1.85. The summed E-state index contributed by atoms with van der Waals surface area (Å²) in [5, 5.41) is 9.18. The van der Waals surface area contributed by atoms with Crippen molar-refractivity contribution in [1.82, 2.24) is 0 Å². The highest BCUT2D eigenvalue weighted by molar-refractivity contribution is 5.35. The molecule has 0 aromatic heterocycles. The highest BCUT2D eigenvalue weighted by Crippen LogP contribution is 2.23. The number of hydrogen-bond donors (Lipinski definition) is 1. The summed E-state index contributed by atoms with van der Waals surface area (Å²) in [6.07, 6.45) is -1.01. The quantitative estimate of drug-likeness (QED) is 0.659. The fourth-order valence-electron chi connectivity index (χ4n) is 0.874. The Hall–Kier alpha value is -1.05. The van der Waals surface area contributed by atoms with Gasteiger partial charge >= 0.3 is 0 Å². The second kappa shape index (κ2) is 2.91. The zero-order valence-corrected chi connectivity index (χ0v) is 6.63. The second-order valence-corrected chi connectivity index (χ2v) is 2.66. The smallest absolute Gasteiger partial charge is 0.122 e. The molecule has 0 saturated heterocycles. The first-order valence-corrected chi connectivity index (χ1v) is 3.55. The van der Waals surface area contributed by atoms with Gasteiger partial charge in [-0.25, -0.2) is 4.39 Å². The van der Waals surface area contributed by atoms with Gasteiger partial charge < -0.3 is 5.11 Å². The predicted molar refractivity (Wildman–Crippen MR) is 42.4 cm³/mol. The Morgan fingerprint density at radius 2 is 2.09 bits per heavy atom. The third-order valence-corrected chi connectivity index (χ3v) is 1.69. The number of phenolic OH excluding ortho intramolecular Hbond substituents is 1. The van der Waals surface area contributed by atoms with Gasteiger partial charge in [0, 0.05) is 0 Å². The molecule has 0 saturated carbocycles. The zero-order valence-electron chi connectivity index (χ0n) is 6.63. The van der Waals surface area contributed by atoms with Crippen molar-refractivity contribution in [2.75, 3.05) is 0 Å². The van der Waals surface area contributed by atoms with E-state index in [1.54, 1.807) is 19.1 Å². The maximum absolute atomic E-state index is 12.6. The lowest BCUT2D eigenvalue weighted by molar-refractivity contribution is 0.371. The van der Waals surface area contributed by atoms with E-state index in [1.165, 1.54) is 13.0 Å². The van der Waals surface area contributed by atoms with Gasteiger partial charge in [-0.3, -0.25) is 0 Å². The van der Waals surface area contributed by atoms with Crippen LogP contribution in [0.15, 0.2) is 18.2 Å². The van der Waals surface area contributed by atoms with Crippen LogP contribution >= 0.6 is 0 Å². The van der Waals surface area contributed by atoms with Crippen molar-refractivity contribution in [3.8, 4) is 5.75 Å². The Balaban J connectivity index is 3.05. The number of alkyl halides is 1. The van der Waals surface area contributed by atoms with Gasteiger partial charge in [0.2, 0.25) is 0 Å². The van der Waals surface area contributed by atoms with Crippen molar-refractivity contribution in [2.45, 2.75) is 20.0 Å². The largest absolute Gasteiger partial charge is 0.508 e. The first kappa shape index (κ1) is 8.05. The van der Waals surface area contributed by atoms with Gasteiger partial charge in [0.25, 0.3) is 0 Å². The number of phenols is 1. The molecule has 0 bridgehead atoms. The van der Waals surface area contributed by atoms with Crippen molar-refractivity contribution in [3.63, 3.8) is 0 Å². The molecule has 11 heavy (non-hydrogen) atoms. The molecule has 0 spiro atoms. The predicted octanol–water partition coefficient (Wildman–Crippen LogP) is 2.73. The lowest BCUT2D eigenvalue weighted by Gasteiger charge is -2.03. The van der Waals surface area contributed by atoms with E-state index in [0.717, 1.165) is 5.56 Å². The van der Waals surface area contributed by atoms with Crippen LogP contribution in [0.1, 0.15) is 24.2 Å². The van der Waals surface area contributed by atoms with E-state index in [2.05, 4.69) is 0 Å². The van der Waals surface area contributed by atoms with E-state index in [9.17, 15) is 9.50 Å². The fourth-order valence-corrected chi connectivity index (χ4v) is 0.874. The van der Waals surface area contributed by atoms with Crippen molar-refractivity contribution in [2.24, 2.45) is 0 Å². The minimum Gasteiger partial charge on any atom is -0.508 e. The molecule has 1 N–H and O–H groups in total. The third kappa shape index (κ3) is 1.70. The molecule has 1 aromatic carbocycles. The highest BCUT2D eigenvalue weighted by atomic mass is 19.1. The SMILES string of the molecule is Cc1ccc(C(C)F)cc1O. The van der Waals surface area contributed by atoms with E-state index < -0.39 is 6.17 Å². The number of aromatic hydroxyl groups is 1. The summed E-state index contributed by atoms with van der Waals surface area (Å²) >= 11 is 0. The molecule has 0 aliphatic carbocycles. The molecule has 1 rings (SSSR count). The summed E-state index contributed by atoms with van der Waals surface area (Å²) in [6.45, 7) is 3.23. The standard InChI is InChI=1S/C9H11FO/c1-6-3-4-8(7(2)10)5-9(6)11/h3-5,7,11H,1-2H3. The first-order chi connectivity index (χ1) is 5.11. The molecule has 0 radical (unpaired) electrons. The minimum absolute atomic E-state index is 0.159. The van der Waals surface area contributed by atoms with Crippen LogP contribution in [0.2, 0.25) is 0 Å². The molecule has 2 heteroatoms. The molecule has 0 aliphatic rings. The molecule has 0 aliphatic heterocycles. The van der Waals surface area contributed by atoms with Crippen molar-refractivity contribution in [3.05, 3.63) is 29.3 Å². The average molecular weight is 154 g/mol. The topological polar surface area (TPSA) is 20.2 Å². The maximum Gasteiger partial charge on any atom is 0.122 e. The van der Waals surface area contributed by atoms with Crippen molar-refractivity contribution in [1.29, 1.82) is 0 Å². The normalized spacial score (nSPS) is 13.0. The summed E-state index contributed by atoms with van der Waals surface area (Å²) in [4.78, 5) is 0. The van der Waals surface area contributed by atoms with E-state index in [4.69, 9.17) is 0 Å². The van der Waals surface area contributed by atoms with Crippen LogP contribution in [0.5, 0.6) is 5.75 Å². The maximum atomic E-state index is 12.6. The molecule has 0 amide bonds. The highest BCUT2D eigenvalue weighted by Gasteiger charge is 2.03.